The van der Waals surface area contributed by atoms with Gasteiger partial charge in [-0.05, 0) is 0 Å². The first-order valence-corrected chi connectivity index (χ1v) is 6.20. The van der Waals surface area contributed by atoms with E-state index in [1.807, 2.05) is 0 Å². The summed E-state index contributed by atoms with van der Waals surface area (Å²) in [6.45, 7) is 0. The molecule has 178 valence electrons. The van der Waals surface area contributed by atoms with Crippen molar-refractivity contribution < 1.29 is 83.8 Å². The van der Waals surface area contributed by atoms with E-state index in [4.69, 9.17) is 0 Å². The van der Waals surface area contributed by atoms with Crippen molar-refractivity contribution >= 4 is 6.04 Å². The molecule has 1 unspecified atom stereocenters. The number of rotatable bonds is 3. The van der Waals surface area contributed by atoms with Gasteiger partial charge in [-0.15, -0.1) is 4.90 Å². The van der Waals surface area contributed by atoms with Crippen molar-refractivity contribution in [3.8, 4) is 0 Å². The summed E-state index contributed by atoms with van der Waals surface area (Å²) in [5, 5.41) is 0. The summed E-state index contributed by atoms with van der Waals surface area (Å²) in [4.78, 5) is 1.19. The standard InChI is InChI=1S/C9F18N2O/c10-1(30)2(11,3(12,13)14)28-6(20,21)8(24,25)29(5(18,19)4(15,16)17)9(26,27)7(28,22)23. The predicted octanol–water partition coefficient (Wildman–Crippen LogP) is 4.85. The molecule has 3 nitrogen and oxygen atoms in total. The summed E-state index contributed by atoms with van der Waals surface area (Å²) in [5.74, 6) is -7.76. The Morgan fingerprint density at radius 2 is 0.800 bits per heavy atom. The summed E-state index contributed by atoms with van der Waals surface area (Å²) in [6.07, 6.45) is -15.5. The number of carbonyl (C=O) groups excluding carboxylic acids is 1. The normalized spacial score (nSPS) is 26.9. The molecular formula is C9F18N2O. The van der Waals surface area contributed by atoms with Crippen LogP contribution in [0.2, 0.25) is 0 Å². The molecule has 0 amide bonds. The highest BCUT2D eigenvalue weighted by Crippen LogP contribution is 2.65. The lowest BCUT2D eigenvalue weighted by Gasteiger charge is -2.56. The monoisotopic (exact) mass is 494 g/mol. The number of nitrogens with zero attached hydrogens (tertiary/aromatic N) is 2. The summed E-state index contributed by atoms with van der Waals surface area (Å²) in [5.41, 5.74) is 0. The van der Waals surface area contributed by atoms with E-state index < -0.39 is 64.2 Å². The van der Waals surface area contributed by atoms with Gasteiger partial charge in [0, 0.05) is 0 Å². The van der Waals surface area contributed by atoms with Crippen molar-refractivity contribution in [3.05, 3.63) is 0 Å². The predicted molar refractivity (Wildman–Crippen MR) is 50.5 cm³/mol. The highest BCUT2D eigenvalue weighted by Gasteiger charge is 2.96. The van der Waals surface area contributed by atoms with Gasteiger partial charge in [-0.1, -0.05) is 4.90 Å². The van der Waals surface area contributed by atoms with Crippen LogP contribution in [0.15, 0.2) is 0 Å². The Labute approximate surface area is 149 Å². The zero-order valence-corrected chi connectivity index (χ0v) is 12.6. The largest absolute Gasteiger partial charge is 0.469 e. The molecule has 1 atom stereocenters. The zero-order valence-electron chi connectivity index (χ0n) is 12.6. The number of hydrogen-bond acceptors (Lipinski definition) is 3. The van der Waals surface area contributed by atoms with E-state index in [2.05, 4.69) is 0 Å². The molecule has 0 saturated carbocycles. The number of hydrogen-bond donors (Lipinski definition) is 0. The smallest absolute Gasteiger partial charge is 0.255 e. The maximum atomic E-state index is 13.7. The molecule has 0 N–H and O–H groups in total. The molecule has 0 aliphatic carbocycles. The highest BCUT2D eigenvalue weighted by atomic mass is 19.4. The number of alkyl halides is 17. The van der Waals surface area contributed by atoms with Crippen molar-refractivity contribution in [2.24, 2.45) is 0 Å². The van der Waals surface area contributed by atoms with E-state index in [1.54, 1.807) is 0 Å². The lowest BCUT2D eigenvalue weighted by atomic mass is 10.1. The Hall–Kier alpha value is -1.67. The van der Waals surface area contributed by atoms with E-state index in [0.717, 1.165) is 0 Å². The molecule has 0 aromatic heterocycles. The van der Waals surface area contributed by atoms with Gasteiger partial charge in [-0.3, -0.25) is 4.79 Å². The molecule has 1 saturated heterocycles. The summed E-state index contributed by atoms with van der Waals surface area (Å²) in [7, 11) is 0. The molecule has 1 fully saturated rings. The Morgan fingerprint density at radius 3 is 1.00 bits per heavy atom. The number of carbonyl (C=O) groups is 1. The van der Waals surface area contributed by atoms with Gasteiger partial charge in [0.25, 0.3) is 0 Å². The summed E-state index contributed by atoms with van der Waals surface area (Å²) < 4.78 is 234. The molecule has 0 radical (unpaired) electrons. The Balaban J connectivity index is 4.11. The molecule has 0 bridgehead atoms. The minimum Gasteiger partial charge on any atom is -0.255 e. The number of halogens is 18. The van der Waals surface area contributed by atoms with Gasteiger partial charge in [0.2, 0.25) is 0 Å². The molecule has 30 heavy (non-hydrogen) atoms. The van der Waals surface area contributed by atoms with Crippen molar-refractivity contribution in [3.63, 3.8) is 0 Å². The molecule has 0 spiro atoms. The van der Waals surface area contributed by atoms with Gasteiger partial charge in [0.1, 0.15) is 0 Å². The zero-order chi connectivity index (χ0) is 24.7. The third-order valence-electron chi connectivity index (χ3n) is 3.41. The van der Waals surface area contributed by atoms with Gasteiger partial charge in [-0.2, -0.15) is 74.6 Å². The van der Waals surface area contributed by atoms with Crippen LogP contribution in [0.5, 0.6) is 0 Å². The van der Waals surface area contributed by atoms with Crippen LogP contribution in [0.3, 0.4) is 0 Å². The minimum atomic E-state index is -8.14. The van der Waals surface area contributed by atoms with Gasteiger partial charge in [0.05, 0.1) is 0 Å². The minimum absolute atomic E-state index is 4.45. The van der Waals surface area contributed by atoms with E-state index in [1.165, 1.54) is 0 Å². The average Bonchev–Trinajstić information content (AvgIpc) is 2.41. The molecule has 0 aromatic rings. The molecular weight excluding hydrogens is 494 g/mol. The van der Waals surface area contributed by atoms with Crippen LogP contribution in [0.4, 0.5) is 79.0 Å². The topological polar surface area (TPSA) is 23.6 Å². The van der Waals surface area contributed by atoms with Crippen LogP contribution in [-0.4, -0.2) is 64.2 Å². The van der Waals surface area contributed by atoms with E-state index in [-0.39, 0.29) is 0 Å². The third-order valence-corrected chi connectivity index (χ3v) is 3.41. The summed E-state index contributed by atoms with van der Waals surface area (Å²) >= 11 is 0. The van der Waals surface area contributed by atoms with Crippen LogP contribution in [-0.2, 0) is 4.79 Å². The van der Waals surface area contributed by atoms with E-state index in [9.17, 15) is 83.8 Å². The first-order chi connectivity index (χ1) is 12.7. The molecule has 0 aromatic carbocycles. The first-order valence-electron chi connectivity index (χ1n) is 6.20. The molecule has 1 aliphatic rings. The molecule has 21 heteroatoms. The summed E-state index contributed by atoms with van der Waals surface area (Å²) in [6, 6.07) is -45.6. The second kappa shape index (κ2) is 6.19. The second-order valence-electron chi connectivity index (χ2n) is 5.27. The molecule has 1 rings (SSSR count). The Bertz CT molecular complexity index is 679. The van der Waals surface area contributed by atoms with Crippen LogP contribution >= 0.6 is 0 Å². The van der Waals surface area contributed by atoms with Crippen LogP contribution in [0.25, 0.3) is 0 Å². The van der Waals surface area contributed by atoms with Gasteiger partial charge in [0.15, 0.2) is 0 Å². The highest BCUT2D eigenvalue weighted by molar-refractivity contribution is 5.79. The fourth-order valence-corrected chi connectivity index (χ4v) is 2.08. The second-order valence-corrected chi connectivity index (χ2v) is 5.27. The molecule has 1 heterocycles. The van der Waals surface area contributed by atoms with Gasteiger partial charge < -0.3 is 0 Å². The van der Waals surface area contributed by atoms with Crippen molar-refractivity contribution in [2.75, 3.05) is 0 Å². The first kappa shape index (κ1) is 26.4. The fourth-order valence-electron chi connectivity index (χ4n) is 2.08. The van der Waals surface area contributed by atoms with Crippen molar-refractivity contribution in [2.45, 2.75) is 48.4 Å². The van der Waals surface area contributed by atoms with Crippen LogP contribution < -0.4 is 0 Å². The van der Waals surface area contributed by atoms with Crippen molar-refractivity contribution in [1.29, 1.82) is 0 Å². The maximum absolute atomic E-state index is 13.7. The van der Waals surface area contributed by atoms with E-state index in [0.29, 0.717) is 0 Å². The van der Waals surface area contributed by atoms with Gasteiger partial charge >= 0.3 is 54.4 Å². The maximum Gasteiger partial charge on any atom is 0.469 e. The SMILES string of the molecule is O=C(F)C(F)(N1C(F)(F)C(F)(F)N(C(F)(F)C(F)(F)F)C(F)(F)C1(F)F)C(F)(F)F. The Kier molecular flexibility index (Phi) is 5.44. The number of piperazine rings is 1. The fraction of sp³-hybridized carbons (Fsp3) is 0.889. The quantitative estimate of drug-likeness (QED) is 0.319. The average molecular weight is 494 g/mol. The lowest BCUT2D eigenvalue weighted by Crippen LogP contribution is -2.88. The van der Waals surface area contributed by atoms with Crippen LogP contribution in [0, 0.1) is 0 Å². The molecule has 1 aliphatic heterocycles. The van der Waals surface area contributed by atoms with Crippen molar-refractivity contribution in [1.82, 2.24) is 9.80 Å². The van der Waals surface area contributed by atoms with Crippen LogP contribution in [0.1, 0.15) is 0 Å². The van der Waals surface area contributed by atoms with E-state index >= 15 is 0 Å². The van der Waals surface area contributed by atoms with Gasteiger partial charge in [-0.25, -0.2) is 4.39 Å². The Morgan fingerprint density at radius 1 is 0.533 bits per heavy atom. The third kappa shape index (κ3) is 2.90. The lowest BCUT2D eigenvalue weighted by molar-refractivity contribution is -0.573.